The third-order valence-corrected chi connectivity index (χ3v) is 4.66. The highest BCUT2D eigenvalue weighted by Gasteiger charge is 2.23. The van der Waals surface area contributed by atoms with Crippen LogP contribution in [0.15, 0.2) is 42.6 Å². The number of rotatable bonds is 2. The average Bonchev–Trinajstić information content (AvgIpc) is 2.99. The highest BCUT2D eigenvalue weighted by Crippen LogP contribution is 2.30. The lowest BCUT2D eigenvalue weighted by Crippen LogP contribution is -2.31. The summed E-state index contributed by atoms with van der Waals surface area (Å²) >= 11 is 0. The van der Waals surface area contributed by atoms with Crippen LogP contribution in [-0.2, 0) is 6.42 Å². The largest absolute Gasteiger partial charge is 0.345 e. The van der Waals surface area contributed by atoms with Crippen molar-refractivity contribution >= 4 is 11.6 Å². The molecule has 122 valence electrons. The monoisotopic (exact) mass is 320 g/mol. The Balaban J connectivity index is 1.72. The number of hydrogen-bond donors (Lipinski definition) is 1. The third-order valence-electron chi connectivity index (χ3n) is 4.66. The van der Waals surface area contributed by atoms with E-state index in [1.165, 1.54) is 0 Å². The van der Waals surface area contributed by atoms with Crippen LogP contribution in [0.1, 0.15) is 53.1 Å². The number of hydrogen-bond acceptors (Lipinski definition) is 2. The van der Waals surface area contributed by atoms with Gasteiger partial charge in [-0.05, 0) is 56.4 Å². The predicted octanol–water partition coefficient (Wildman–Crippen LogP) is 3.76. The van der Waals surface area contributed by atoms with Gasteiger partial charge in [-0.1, -0.05) is 24.3 Å². The Labute approximate surface area is 142 Å². The van der Waals surface area contributed by atoms with Crippen LogP contribution in [0.25, 0.3) is 5.65 Å². The quantitative estimate of drug-likeness (QED) is 0.781. The molecule has 2 aromatic heterocycles. The van der Waals surface area contributed by atoms with Crippen molar-refractivity contribution in [2.45, 2.75) is 39.1 Å². The maximum atomic E-state index is 12.9. The van der Waals surface area contributed by atoms with Gasteiger partial charge in [0.05, 0.1) is 13.0 Å². The van der Waals surface area contributed by atoms with E-state index in [4.69, 9.17) is 1.37 Å². The van der Waals surface area contributed by atoms with Crippen LogP contribution in [0.5, 0.6) is 0 Å². The third kappa shape index (κ3) is 2.48. The molecule has 4 rings (SSSR count). The smallest absolute Gasteiger partial charge is 0.255 e. The first-order chi connectivity index (χ1) is 12.0. The second-order valence-electron chi connectivity index (χ2n) is 6.41. The Morgan fingerprint density at radius 3 is 3.04 bits per heavy atom. The molecule has 1 N–H and O–H groups in total. The molecule has 0 spiro atoms. The van der Waals surface area contributed by atoms with E-state index in [0.29, 0.717) is 17.6 Å². The number of amides is 1. The van der Waals surface area contributed by atoms with Gasteiger partial charge in [-0.15, -0.1) is 0 Å². The van der Waals surface area contributed by atoms with Crippen molar-refractivity contribution in [3.8, 4) is 0 Å². The van der Waals surface area contributed by atoms with Gasteiger partial charge in [-0.3, -0.25) is 4.79 Å². The van der Waals surface area contributed by atoms with E-state index >= 15 is 0 Å². The Bertz CT molecular complexity index is 978. The summed E-state index contributed by atoms with van der Waals surface area (Å²) in [6.45, 7) is 3.91. The van der Waals surface area contributed by atoms with Crippen LogP contribution in [0, 0.1) is 13.8 Å². The number of aromatic nitrogens is 2. The topological polar surface area (TPSA) is 46.4 Å². The van der Waals surface area contributed by atoms with Crippen molar-refractivity contribution in [1.82, 2.24) is 14.7 Å². The minimum Gasteiger partial charge on any atom is -0.345 e. The maximum absolute atomic E-state index is 12.9. The maximum Gasteiger partial charge on any atom is 0.255 e. The van der Waals surface area contributed by atoms with E-state index in [1.807, 2.05) is 54.8 Å². The number of nitrogens with zero attached hydrogens (tertiary/aromatic N) is 2. The first-order valence-corrected chi connectivity index (χ1v) is 8.34. The van der Waals surface area contributed by atoms with Gasteiger partial charge in [0, 0.05) is 17.6 Å². The molecule has 2 heterocycles. The van der Waals surface area contributed by atoms with Crippen molar-refractivity contribution in [3.05, 3.63) is 70.7 Å². The standard InChI is InChI=1S/C20H21N3O/c1-13-12-14(2)23-11-10-17(19(23)21-13)20(24)22-18-9-5-7-15-6-3-4-8-16(15)18/h3-4,6,8,10-12,18H,5,7,9H2,1-2H3,(H,22,24)/i18D. The van der Waals surface area contributed by atoms with Crippen molar-refractivity contribution < 1.29 is 6.17 Å². The van der Waals surface area contributed by atoms with E-state index in [0.717, 1.165) is 35.4 Å². The Morgan fingerprint density at radius 1 is 1.33 bits per heavy atom. The zero-order chi connectivity index (χ0) is 17.6. The summed E-state index contributed by atoms with van der Waals surface area (Å²) in [6.07, 6.45) is 4.33. The average molecular weight is 320 g/mol. The molecule has 0 bridgehead atoms. The fraction of sp³-hybridized carbons (Fsp3) is 0.300. The molecule has 0 fully saturated rings. The number of aryl methyl sites for hydroxylation is 3. The van der Waals surface area contributed by atoms with Crippen LogP contribution in [-0.4, -0.2) is 15.3 Å². The summed E-state index contributed by atoms with van der Waals surface area (Å²) < 4.78 is 10.8. The Kier molecular flexibility index (Phi) is 3.32. The molecule has 0 saturated carbocycles. The molecule has 0 saturated heterocycles. The van der Waals surface area contributed by atoms with Gasteiger partial charge in [-0.25, -0.2) is 4.98 Å². The van der Waals surface area contributed by atoms with Gasteiger partial charge in [0.2, 0.25) is 0 Å². The van der Waals surface area contributed by atoms with Gasteiger partial charge in [0.1, 0.15) is 5.65 Å². The number of nitrogens with one attached hydrogen (secondary N) is 1. The first kappa shape index (κ1) is 13.8. The lowest BCUT2D eigenvalue weighted by Gasteiger charge is -2.26. The van der Waals surface area contributed by atoms with E-state index in [2.05, 4.69) is 10.3 Å². The predicted molar refractivity (Wildman–Crippen MR) is 94.3 cm³/mol. The summed E-state index contributed by atoms with van der Waals surface area (Å²) in [6, 6.07) is 10.6. The van der Waals surface area contributed by atoms with Crippen molar-refractivity contribution in [1.29, 1.82) is 0 Å². The zero-order valence-electron chi connectivity index (χ0n) is 15.0. The molecule has 1 atom stereocenters. The summed E-state index contributed by atoms with van der Waals surface area (Å²) in [7, 11) is 0. The van der Waals surface area contributed by atoms with Gasteiger partial charge in [-0.2, -0.15) is 0 Å². The summed E-state index contributed by atoms with van der Waals surface area (Å²) in [4.78, 5) is 17.5. The number of fused-ring (bicyclic) bond motifs is 2. The van der Waals surface area contributed by atoms with Crippen LogP contribution in [0.2, 0.25) is 0 Å². The van der Waals surface area contributed by atoms with Gasteiger partial charge in [0.15, 0.2) is 0 Å². The normalized spacial score (nSPS) is 20.5. The molecule has 4 nitrogen and oxygen atoms in total. The van der Waals surface area contributed by atoms with E-state index in [1.54, 1.807) is 6.07 Å². The summed E-state index contributed by atoms with van der Waals surface area (Å²) in [5.74, 6) is -0.244. The van der Waals surface area contributed by atoms with Crippen LogP contribution < -0.4 is 5.32 Å². The second kappa shape index (κ2) is 5.78. The number of carbonyl (C=O) groups excluding carboxylic acids is 1. The Hall–Kier alpha value is -2.62. The molecule has 1 aliphatic rings. The molecule has 1 unspecified atom stereocenters. The van der Waals surface area contributed by atoms with Crippen molar-refractivity contribution in [2.75, 3.05) is 0 Å². The zero-order valence-corrected chi connectivity index (χ0v) is 14.0. The van der Waals surface area contributed by atoms with Gasteiger partial charge >= 0.3 is 0 Å². The van der Waals surface area contributed by atoms with Crippen molar-refractivity contribution in [2.24, 2.45) is 0 Å². The lowest BCUT2D eigenvalue weighted by molar-refractivity contribution is 0.0934. The highest BCUT2D eigenvalue weighted by atomic mass is 16.1. The minimum absolute atomic E-state index is 0.244. The van der Waals surface area contributed by atoms with Crippen molar-refractivity contribution in [3.63, 3.8) is 0 Å². The summed E-state index contributed by atoms with van der Waals surface area (Å²) in [5, 5.41) is 2.96. The fourth-order valence-electron chi connectivity index (χ4n) is 3.53. The molecule has 24 heavy (non-hydrogen) atoms. The molecule has 1 amide bonds. The van der Waals surface area contributed by atoms with E-state index in [9.17, 15) is 4.79 Å². The highest BCUT2D eigenvalue weighted by molar-refractivity contribution is 6.00. The molecule has 1 aromatic carbocycles. The van der Waals surface area contributed by atoms with Crippen LogP contribution >= 0.6 is 0 Å². The van der Waals surface area contributed by atoms with E-state index < -0.39 is 6.02 Å². The second-order valence-corrected chi connectivity index (χ2v) is 6.41. The molecule has 3 aromatic rings. The van der Waals surface area contributed by atoms with Gasteiger partial charge in [0.25, 0.3) is 5.91 Å². The SMILES string of the molecule is [2H]C1(NC(=O)c2ccn3c(C)cc(C)nc23)CCCc2ccccc21. The van der Waals surface area contributed by atoms with E-state index in [-0.39, 0.29) is 5.91 Å². The first-order valence-electron chi connectivity index (χ1n) is 8.84. The van der Waals surface area contributed by atoms with Crippen LogP contribution in [0.4, 0.5) is 0 Å². The van der Waals surface area contributed by atoms with Crippen LogP contribution in [0.3, 0.4) is 0 Å². The van der Waals surface area contributed by atoms with Gasteiger partial charge < -0.3 is 9.72 Å². The lowest BCUT2D eigenvalue weighted by atomic mass is 9.87. The fourth-order valence-corrected chi connectivity index (χ4v) is 3.53. The number of benzene rings is 1. The molecular formula is C20H21N3O. The molecule has 4 heteroatoms. The molecular weight excluding hydrogens is 298 g/mol. The molecule has 0 radical (unpaired) electrons. The summed E-state index contributed by atoms with van der Waals surface area (Å²) in [5.41, 5.74) is 5.12. The Morgan fingerprint density at radius 2 is 2.17 bits per heavy atom. The minimum atomic E-state index is -1.08. The number of carbonyl (C=O) groups is 1. The molecule has 0 aliphatic heterocycles. The molecule has 1 aliphatic carbocycles.